The Labute approximate surface area is 202 Å². The molecule has 6 heteroatoms. The maximum atomic E-state index is 13.7. The van der Waals surface area contributed by atoms with Crippen LogP contribution in [0.5, 0.6) is 5.75 Å². The van der Waals surface area contributed by atoms with E-state index in [1.165, 1.54) is 31.6 Å². The largest absolute Gasteiger partial charge is 0.494 e. The number of aliphatic hydroxyl groups excluding tert-OH is 1. The Hall–Kier alpha value is -2.44. The molecule has 1 N–H and O–H groups in total. The highest BCUT2D eigenvalue weighted by molar-refractivity contribution is 5.94. The first kappa shape index (κ1) is 24.7. The van der Waals surface area contributed by atoms with E-state index in [4.69, 9.17) is 9.84 Å². The number of hydrogen-bond donors (Lipinski definition) is 1. The van der Waals surface area contributed by atoms with E-state index in [2.05, 4.69) is 24.0 Å². The summed E-state index contributed by atoms with van der Waals surface area (Å²) in [5.41, 5.74) is 3.21. The molecule has 2 aliphatic rings. The van der Waals surface area contributed by atoms with Gasteiger partial charge in [-0.3, -0.25) is 9.69 Å². The van der Waals surface area contributed by atoms with Crippen LogP contribution in [-0.4, -0.2) is 67.3 Å². The quantitative estimate of drug-likeness (QED) is 0.612. The predicted molar refractivity (Wildman–Crippen MR) is 132 cm³/mol. The van der Waals surface area contributed by atoms with Crippen molar-refractivity contribution in [1.29, 1.82) is 0 Å². The Morgan fingerprint density at radius 2 is 1.85 bits per heavy atom. The number of amides is 1. The molecule has 1 saturated heterocycles. The highest BCUT2D eigenvalue weighted by Gasteiger charge is 2.28. The first-order valence-corrected chi connectivity index (χ1v) is 12.5. The van der Waals surface area contributed by atoms with Crippen molar-refractivity contribution in [3.8, 4) is 5.75 Å². The van der Waals surface area contributed by atoms with Gasteiger partial charge in [0.25, 0.3) is 5.91 Å². The normalized spacial score (nSPS) is 22.1. The van der Waals surface area contributed by atoms with Gasteiger partial charge in [0.1, 0.15) is 0 Å². The lowest BCUT2D eigenvalue weighted by Crippen LogP contribution is -2.49. The van der Waals surface area contributed by atoms with Crippen LogP contribution in [0.1, 0.15) is 65.9 Å². The maximum Gasteiger partial charge on any atom is 0.253 e. The number of carbonyl (C=O) groups excluding carboxylic acids is 1. The predicted octanol–water partition coefficient (Wildman–Crippen LogP) is 4.66. The average Bonchev–Trinajstić information content (AvgIpc) is 3.33. The minimum Gasteiger partial charge on any atom is -0.494 e. The molecule has 2 aromatic carbocycles. The molecule has 0 aromatic heterocycles. The fourth-order valence-corrected chi connectivity index (χ4v) is 5.61. The van der Waals surface area contributed by atoms with E-state index in [-0.39, 0.29) is 18.3 Å². The molecule has 2 fully saturated rings. The second-order valence-electron chi connectivity index (χ2n) is 9.89. The Morgan fingerprint density at radius 1 is 1.12 bits per heavy atom. The van der Waals surface area contributed by atoms with E-state index in [0.29, 0.717) is 43.1 Å². The van der Waals surface area contributed by atoms with Gasteiger partial charge in [-0.1, -0.05) is 25.1 Å². The Balaban J connectivity index is 1.30. The summed E-state index contributed by atoms with van der Waals surface area (Å²) in [6.45, 7) is 6.11. The molecule has 34 heavy (non-hydrogen) atoms. The third kappa shape index (κ3) is 5.78. The zero-order chi connectivity index (χ0) is 24.1. The zero-order valence-electron chi connectivity index (χ0n) is 20.4. The molecule has 0 bridgehead atoms. The molecule has 184 valence electrons. The van der Waals surface area contributed by atoms with E-state index in [0.717, 1.165) is 37.1 Å². The monoisotopic (exact) mass is 468 g/mol. The molecule has 1 aliphatic carbocycles. The van der Waals surface area contributed by atoms with Crippen LogP contribution in [0.15, 0.2) is 42.5 Å². The summed E-state index contributed by atoms with van der Waals surface area (Å²) in [5, 5.41) is 9.09. The number of hydrogen-bond acceptors (Lipinski definition) is 4. The van der Waals surface area contributed by atoms with Crippen molar-refractivity contribution in [2.45, 2.75) is 44.4 Å². The summed E-state index contributed by atoms with van der Waals surface area (Å²) in [6.07, 6.45) is 4.61. The molecule has 4 rings (SSSR count). The summed E-state index contributed by atoms with van der Waals surface area (Å²) in [7, 11) is 1.51. The van der Waals surface area contributed by atoms with Crippen molar-refractivity contribution in [3.05, 3.63) is 65.0 Å². The van der Waals surface area contributed by atoms with Crippen molar-refractivity contribution in [3.63, 3.8) is 0 Å². The number of piperazine rings is 1. The molecule has 1 heterocycles. The Kier molecular flexibility index (Phi) is 8.22. The van der Waals surface area contributed by atoms with Gasteiger partial charge in [-0.15, -0.1) is 0 Å². The lowest BCUT2D eigenvalue weighted by atomic mass is 9.88. The molecule has 2 aromatic rings. The smallest absolute Gasteiger partial charge is 0.253 e. The molecule has 0 unspecified atom stereocenters. The van der Waals surface area contributed by atoms with Crippen molar-refractivity contribution in [2.75, 3.05) is 46.4 Å². The minimum atomic E-state index is -0.315. The van der Waals surface area contributed by atoms with Crippen molar-refractivity contribution < 1.29 is 19.0 Å². The van der Waals surface area contributed by atoms with E-state index in [1.807, 2.05) is 29.2 Å². The fraction of sp³-hybridized carbons (Fsp3) is 0.536. The van der Waals surface area contributed by atoms with Crippen LogP contribution in [0.25, 0.3) is 0 Å². The summed E-state index contributed by atoms with van der Waals surface area (Å²) >= 11 is 0. The van der Waals surface area contributed by atoms with Crippen LogP contribution < -0.4 is 4.74 Å². The van der Waals surface area contributed by atoms with E-state index < -0.39 is 0 Å². The van der Waals surface area contributed by atoms with Gasteiger partial charge in [0, 0.05) is 38.3 Å². The summed E-state index contributed by atoms with van der Waals surface area (Å²) < 4.78 is 18.9. The van der Waals surface area contributed by atoms with Gasteiger partial charge in [0.2, 0.25) is 0 Å². The summed E-state index contributed by atoms with van der Waals surface area (Å²) in [6, 6.07) is 13.4. The first-order chi connectivity index (χ1) is 16.5. The van der Waals surface area contributed by atoms with Crippen molar-refractivity contribution >= 4 is 5.91 Å². The highest BCUT2D eigenvalue weighted by atomic mass is 19.1. The third-order valence-electron chi connectivity index (χ3n) is 7.68. The Bertz CT molecular complexity index is 957. The SMILES string of the molecule is COc1cc([C@@H](C)C[C@H]2CC[C@@H](c3ccc(C(=O)N4CCN(CCO)CC4)cc3)C2)ccc1F. The van der Waals surface area contributed by atoms with Crippen molar-refractivity contribution in [2.24, 2.45) is 5.92 Å². The topological polar surface area (TPSA) is 53.0 Å². The molecular formula is C28H37FN2O3. The second kappa shape index (κ2) is 11.3. The number of nitrogens with zero attached hydrogens (tertiary/aromatic N) is 2. The highest BCUT2D eigenvalue weighted by Crippen LogP contribution is 2.42. The molecule has 1 saturated carbocycles. The van der Waals surface area contributed by atoms with Gasteiger partial charge >= 0.3 is 0 Å². The van der Waals surface area contributed by atoms with Gasteiger partial charge in [-0.2, -0.15) is 0 Å². The molecule has 0 radical (unpaired) electrons. The maximum absolute atomic E-state index is 13.7. The number of methoxy groups -OCH3 is 1. The van der Waals surface area contributed by atoms with Crippen LogP contribution in [0.4, 0.5) is 4.39 Å². The van der Waals surface area contributed by atoms with Gasteiger partial charge in [0.15, 0.2) is 11.6 Å². The number of β-amino-alcohol motifs (C(OH)–C–C–N with tert-alkyl or cyclic N) is 1. The van der Waals surface area contributed by atoms with E-state index >= 15 is 0 Å². The molecule has 5 nitrogen and oxygen atoms in total. The van der Waals surface area contributed by atoms with E-state index in [9.17, 15) is 9.18 Å². The van der Waals surface area contributed by atoms with Crippen LogP contribution in [-0.2, 0) is 0 Å². The first-order valence-electron chi connectivity index (χ1n) is 12.5. The molecular weight excluding hydrogens is 431 g/mol. The zero-order valence-corrected chi connectivity index (χ0v) is 20.4. The molecule has 1 amide bonds. The van der Waals surface area contributed by atoms with Gasteiger partial charge in [0.05, 0.1) is 13.7 Å². The lowest BCUT2D eigenvalue weighted by molar-refractivity contribution is 0.0615. The van der Waals surface area contributed by atoms with Crippen LogP contribution in [0.2, 0.25) is 0 Å². The van der Waals surface area contributed by atoms with E-state index in [1.54, 1.807) is 0 Å². The number of halogens is 1. The van der Waals surface area contributed by atoms with Crippen LogP contribution in [0, 0.1) is 11.7 Å². The van der Waals surface area contributed by atoms with Crippen LogP contribution >= 0.6 is 0 Å². The minimum absolute atomic E-state index is 0.100. The molecule has 0 spiro atoms. The summed E-state index contributed by atoms with van der Waals surface area (Å²) in [4.78, 5) is 17.0. The second-order valence-corrected chi connectivity index (χ2v) is 9.89. The third-order valence-corrected chi connectivity index (χ3v) is 7.68. The fourth-order valence-electron chi connectivity index (χ4n) is 5.61. The van der Waals surface area contributed by atoms with Crippen molar-refractivity contribution in [1.82, 2.24) is 9.80 Å². The van der Waals surface area contributed by atoms with Crippen LogP contribution in [0.3, 0.4) is 0 Å². The standard InChI is InChI=1S/C28H37FN2O3/c1-20(24-9-10-26(29)27(19-24)34-2)17-21-3-4-25(18-21)22-5-7-23(8-6-22)28(33)31-13-11-30(12-14-31)15-16-32/h5-10,19-21,25,32H,3-4,11-18H2,1-2H3/t20-,21+,25+/m0/s1. The van der Waals surface area contributed by atoms with Gasteiger partial charge < -0.3 is 14.7 Å². The number of ether oxygens (including phenoxy) is 1. The van der Waals surface area contributed by atoms with Gasteiger partial charge in [-0.05, 0) is 78.8 Å². The molecule has 3 atom stereocenters. The number of aliphatic hydroxyl groups is 1. The number of carbonyl (C=O) groups is 1. The summed E-state index contributed by atoms with van der Waals surface area (Å²) in [5.74, 6) is 1.64. The Morgan fingerprint density at radius 3 is 2.53 bits per heavy atom. The average molecular weight is 469 g/mol. The molecule has 1 aliphatic heterocycles. The number of benzene rings is 2. The van der Waals surface area contributed by atoms with Gasteiger partial charge in [-0.25, -0.2) is 4.39 Å². The number of rotatable bonds is 8. The lowest BCUT2D eigenvalue weighted by Gasteiger charge is -2.34.